The molecule has 0 unspecified atom stereocenters. The molecule has 2 aromatic rings. The molecule has 0 atom stereocenters. The Bertz CT molecular complexity index is 731. The van der Waals surface area contributed by atoms with Crippen LogP contribution in [0.25, 0.3) is 12.2 Å². The van der Waals surface area contributed by atoms with Crippen molar-refractivity contribution in [2.75, 3.05) is 19.0 Å². The molecule has 4 nitrogen and oxygen atoms in total. The van der Waals surface area contributed by atoms with Gasteiger partial charge in [0.2, 0.25) is 0 Å². The van der Waals surface area contributed by atoms with E-state index in [0.29, 0.717) is 0 Å². The molecule has 0 bridgehead atoms. The molecule has 0 aliphatic carbocycles. The second-order valence-electron chi connectivity index (χ2n) is 4.84. The number of halogens is 3. The summed E-state index contributed by atoms with van der Waals surface area (Å²) in [5.74, 6) is 0. The second-order valence-corrected chi connectivity index (χ2v) is 4.84. The summed E-state index contributed by atoms with van der Waals surface area (Å²) in [5, 5.41) is 0. The molecule has 1 aromatic carbocycles. The largest absolute Gasteiger partial charge is 0.431 e. The van der Waals surface area contributed by atoms with E-state index in [9.17, 15) is 18.0 Å². The highest BCUT2D eigenvalue weighted by Crippen LogP contribution is 2.27. The van der Waals surface area contributed by atoms with Gasteiger partial charge in [0.05, 0.1) is 5.69 Å². The molecule has 0 saturated carbocycles. The number of rotatable bonds is 3. The molecule has 0 amide bonds. The zero-order chi connectivity index (χ0) is 16.3. The van der Waals surface area contributed by atoms with Crippen molar-refractivity contribution >= 4 is 17.8 Å². The monoisotopic (exact) mass is 309 g/mol. The maximum absolute atomic E-state index is 12.6. The van der Waals surface area contributed by atoms with Crippen molar-refractivity contribution in [3.05, 3.63) is 57.8 Å². The molecule has 1 aromatic heterocycles. The molecule has 0 saturated heterocycles. The Labute approximate surface area is 124 Å². The summed E-state index contributed by atoms with van der Waals surface area (Å²) in [6.07, 6.45) is -1.64. The maximum atomic E-state index is 12.6. The van der Waals surface area contributed by atoms with Crippen LogP contribution in [0.1, 0.15) is 17.0 Å². The molecule has 7 heteroatoms. The van der Waals surface area contributed by atoms with Gasteiger partial charge in [-0.3, -0.25) is 0 Å². The first-order chi connectivity index (χ1) is 10.3. The van der Waals surface area contributed by atoms with E-state index in [1.807, 2.05) is 43.3 Å². The van der Waals surface area contributed by atoms with Crippen LogP contribution in [0.5, 0.6) is 0 Å². The number of nitrogens with one attached hydrogen (secondary N) is 1. The van der Waals surface area contributed by atoms with Gasteiger partial charge >= 0.3 is 11.9 Å². The zero-order valence-electron chi connectivity index (χ0n) is 12.0. The van der Waals surface area contributed by atoms with Gasteiger partial charge in [-0.2, -0.15) is 18.2 Å². The van der Waals surface area contributed by atoms with E-state index >= 15 is 0 Å². The molecule has 1 N–H and O–H groups in total. The van der Waals surface area contributed by atoms with Gasteiger partial charge in [-0.1, -0.05) is 18.2 Å². The quantitative estimate of drug-likeness (QED) is 0.948. The Hall–Kier alpha value is -2.57. The number of nitrogens with zero attached hydrogens (tertiary/aromatic N) is 2. The summed E-state index contributed by atoms with van der Waals surface area (Å²) < 4.78 is 37.8. The third-order valence-corrected chi connectivity index (χ3v) is 2.93. The molecule has 0 aliphatic heterocycles. The van der Waals surface area contributed by atoms with Gasteiger partial charge < -0.3 is 9.88 Å². The van der Waals surface area contributed by atoms with Gasteiger partial charge in [-0.05, 0) is 29.8 Å². The molecule has 0 spiro atoms. The summed E-state index contributed by atoms with van der Waals surface area (Å²) >= 11 is 0. The van der Waals surface area contributed by atoms with Gasteiger partial charge in [-0.25, -0.2) is 4.79 Å². The number of hydrogen-bond donors (Lipinski definition) is 1. The predicted octanol–water partition coefficient (Wildman–Crippen LogP) is 3.03. The fraction of sp³-hybridized carbons (Fsp3) is 0.200. The van der Waals surface area contributed by atoms with E-state index in [-0.39, 0.29) is 5.69 Å². The summed E-state index contributed by atoms with van der Waals surface area (Å²) in [6, 6.07) is 8.21. The first-order valence-corrected chi connectivity index (χ1v) is 6.40. The molecule has 22 heavy (non-hydrogen) atoms. The van der Waals surface area contributed by atoms with Crippen LogP contribution in [0, 0.1) is 0 Å². The van der Waals surface area contributed by atoms with Crippen molar-refractivity contribution in [3.63, 3.8) is 0 Å². The van der Waals surface area contributed by atoms with Crippen LogP contribution in [0.3, 0.4) is 0 Å². The van der Waals surface area contributed by atoms with Crippen molar-refractivity contribution in [1.29, 1.82) is 0 Å². The number of aromatic nitrogens is 2. The molecular weight excluding hydrogens is 295 g/mol. The van der Waals surface area contributed by atoms with Crippen molar-refractivity contribution in [3.8, 4) is 0 Å². The third-order valence-electron chi connectivity index (χ3n) is 2.93. The highest BCUT2D eigenvalue weighted by Gasteiger charge is 2.32. The summed E-state index contributed by atoms with van der Waals surface area (Å²) in [5.41, 5.74) is -0.396. The molecule has 0 aliphatic rings. The number of alkyl halides is 3. The predicted molar refractivity (Wildman–Crippen MR) is 79.6 cm³/mol. The van der Waals surface area contributed by atoms with Crippen LogP contribution in [-0.2, 0) is 6.18 Å². The van der Waals surface area contributed by atoms with Crippen molar-refractivity contribution < 1.29 is 13.2 Å². The standard InChI is InChI=1S/C15H14F3N3O/c1-21(2)12-7-4-10(5-8-12)3-6-11-9-13(15(16,17)18)20-14(22)19-11/h3-9H,1-2H3,(H,19,20,22)/b6-3-. The Balaban J connectivity index is 2.26. The van der Waals surface area contributed by atoms with E-state index in [4.69, 9.17) is 0 Å². The summed E-state index contributed by atoms with van der Waals surface area (Å²) in [6.45, 7) is 0. The van der Waals surface area contributed by atoms with Crippen LogP contribution in [0.4, 0.5) is 18.9 Å². The lowest BCUT2D eigenvalue weighted by atomic mass is 10.1. The van der Waals surface area contributed by atoms with Gasteiger partial charge in [-0.15, -0.1) is 0 Å². The van der Waals surface area contributed by atoms with Gasteiger partial charge in [0.1, 0.15) is 5.69 Å². The summed E-state index contributed by atoms with van der Waals surface area (Å²) in [7, 11) is 3.81. The number of H-pyrrole nitrogens is 1. The Morgan fingerprint density at radius 3 is 2.32 bits per heavy atom. The lowest BCUT2D eigenvalue weighted by Crippen LogP contribution is -2.19. The van der Waals surface area contributed by atoms with Gasteiger partial charge in [0.15, 0.2) is 0 Å². The highest BCUT2D eigenvalue weighted by atomic mass is 19.4. The molecule has 2 rings (SSSR count). The Kier molecular flexibility index (Phi) is 4.35. The van der Waals surface area contributed by atoms with E-state index in [0.717, 1.165) is 17.3 Å². The van der Waals surface area contributed by atoms with E-state index in [1.165, 1.54) is 6.08 Å². The SMILES string of the molecule is CN(C)c1ccc(/C=C\c2cc(C(F)(F)F)[nH]c(=O)n2)cc1. The number of hydrogen-bond acceptors (Lipinski definition) is 3. The van der Waals surface area contributed by atoms with E-state index in [1.54, 1.807) is 11.1 Å². The van der Waals surface area contributed by atoms with Crippen LogP contribution in [0.15, 0.2) is 35.1 Å². The minimum absolute atomic E-state index is 0.0484. The topological polar surface area (TPSA) is 49.0 Å². The van der Waals surface area contributed by atoms with Gasteiger partial charge in [0, 0.05) is 19.8 Å². The number of anilines is 1. The maximum Gasteiger partial charge on any atom is 0.431 e. The molecule has 0 fully saturated rings. The Morgan fingerprint density at radius 2 is 1.77 bits per heavy atom. The van der Waals surface area contributed by atoms with Crippen molar-refractivity contribution in [1.82, 2.24) is 9.97 Å². The van der Waals surface area contributed by atoms with Crippen LogP contribution in [-0.4, -0.2) is 24.1 Å². The highest BCUT2D eigenvalue weighted by molar-refractivity contribution is 5.69. The van der Waals surface area contributed by atoms with Crippen LogP contribution in [0.2, 0.25) is 0 Å². The molecule has 116 valence electrons. The van der Waals surface area contributed by atoms with Crippen molar-refractivity contribution in [2.24, 2.45) is 0 Å². The molecular formula is C15H14F3N3O. The fourth-order valence-electron chi connectivity index (χ4n) is 1.78. The van der Waals surface area contributed by atoms with E-state index in [2.05, 4.69) is 4.98 Å². The van der Waals surface area contributed by atoms with E-state index < -0.39 is 17.6 Å². The minimum atomic E-state index is -4.61. The fourth-order valence-corrected chi connectivity index (χ4v) is 1.78. The first-order valence-electron chi connectivity index (χ1n) is 6.40. The normalized spacial score (nSPS) is 11.9. The molecule has 1 heterocycles. The smallest absolute Gasteiger partial charge is 0.378 e. The number of aromatic amines is 1. The summed E-state index contributed by atoms with van der Waals surface area (Å²) in [4.78, 5) is 18.3. The lowest BCUT2D eigenvalue weighted by Gasteiger charge is -2.11. The zero-order valence-corrected chi connectivity index (χ0v) is 12.0. The minimum Gasteiger partial charge on any atom is -0.378 e. The Morgan fingerprint density at radius 1 is 1.14 bits per heavy atom. The third kappa shape index (κ3) is 3.97. The first kappa shape index (κ1) is 15.8. The average molecular weight is 309 g/mol. The van der Waals surface area contributed by atoms with Crippen molar-refractivity contribution in [2.45, 2.75) is 6.18 Å². The second kappa shape index (κ2) is 6.05. The lowest BCUT2D eigenvalue weighted by molar-refractivity contribution is -0.141. The number of benzene rings is 1. The van der Waals surface area contributed by atoms with Crippen LogP contribution >= 0.6 is 0 Å². The average Bonchev–Trinajstić information content (AvgIpc) is 2.44. The molecule has 0 radical (unpaired) electrons. The van der Waals surface area contributed by atoms with Crippen LogP contribution < -0.4 is 10.6 Å². The van der Waals surface area contributed by atoms with Gasteiger partial charge in [0.25, 0.3) is 0 Å².